The molecule has 0 saturated carbocycles. The van der Waals surface area contributed by atoms with Crippen LogP contribution in [0.5, 0.6) is 0 Å². The first-order valence-electron chi connectivity index (χ1n) is 8.28. The Kier molecular flexibility index (Phi) is 6.59. The van der Waals surface area contributed by atoms with E-state index in [1.165, 1.54) is 39.2 Å². The molecule has 0 aliphatic heterocycles. The molecule has 0 bridgehead atoms. The van der Waals surface area contributed by atoms with Gasteiger partial charge in [0.05, 0.1) is 18.1 Å². The number of hydrogen-bond donors (Lipinski definition) is 0. The minimum absolute atomic E-state index is 0.0374. The topological polar surface area (TPSA) is 82.8 Å². The quantitative estimate of drug-likeness (QED) is 0.421. The van der Waals surface area contributed by atoms with Gasteiger partial charge in [0.25, 0.3) is 5.56 Å². The van der Waals surface area contributed by atoms with Crippen molar-refractivity contribution in [3.63, 3.8) is 0 Å². The number of carbonyl (C=O) groups is 1. The number of methoxy groups -OCH3 is 1. The van der Waals surface area contributed by atoms with Gasteiger partial charge in [-0.05, 0) is 19.1 Å². The first-order chi connectivity index (χ1) is 13.0. The minimum atomic E-state index is -0.354. The molecule has 0 aliphatic carbocycles. The van der Waals surface area contributed by atoms with E-state index in [1.807, 2.05) is 31.2 Å². The number of hydrogen-bond acceptors (Lipinski definition) is 8. The maximum Gasteiger partial charge on any atom is 0.316 e. The summed E-state index contributed by atoms with van der Waals surface area (Å²) in [4.78, 5) is 30.0. The molecule has 9 heteroatoms. The van der Waals surface area contributed by atoms with E-state index < -0.39 is 0 Å². The highest BCUT2D eigenvalue weighted by Gasteiger charge is 2.11. The fraction of sp³-hybridized carbons (Fsp3) is 0.333. The van der Waals surface area contributed by atoms with Crippen molar-refractivity contribution >= 4 is 34.0 Å². The molecule has 3 rings (SSSR count). The molecule has 2 heterocycles. The summed E-state index contributed by atoms with van der Waals surface area (Å²) in [7, 11) is 1.61. The fourth-order valence-corrected chi connectivity index (χ4v) is 3.83. The van der Waals surface area contributed by atoms with Gasteiger partial charge in [0.15, 0.2) is 0 Å². The predicted octanol–water partition coefficient (Wildman–Crippen LogP) is 2.48. The van der Waals surface area contributed by atoms with Crippen molar-refractivity contribution in [1.82, 2.24) is 14.6 Å². The summed E-state index contributed by atoms with van der Waals surface area (Å²) in [6, 6.07) is 9.27. The Bertz CT molecular complexity index is 982. The molecule has 0 atom stereocenters. The molecule has 0 fully saturated rings. The molecule has 27 heavy (non-hydrogen) atoms. The molecule has 3 aromatic rings. The van der Waals surface area contributed by atoms with Crippen LogP contribution in [-0.4, -0.2) is 40.0 Å². The lowest BCUT2D eigenvalue weighted by molar-refractivity contribution is -0.141. The average molecular weight is 406 g/mol. The molecule has 142 valence electrons. The third-order valence-corrected chi connectivity index (χ3v) is 5.57. The Morgan fingerprint density at radius 1 is 1.30 bits per heavy atom. The fourth-order valence-electron chi connectivity index (χ4n) is 2.23. The first kappa shape index (κ1) is 19.5. The van der Waals surface area contributed by atoms with Crippen molar-refractivity contribution in [2.75, 3.05) is 19.5 Å². The molecule has 0 N–H and O–H groups in total. The van der Waals surface area contributed by atoms with Gasteiger partial charge in [-0.2, -0.15) is 9.61 Å². The third kappa shape index (κ3) is 5.38. The van der Waals surface area contributed by atoms with Crippen LogP contribution in [0, 0.1) is 6.92 Å². The largest absolute Gasteiger partial charge is 0.459 e. The molecular weight excluding hydrogens is 386 g/mol. The summed E-state index contributed by atoms with van der Waals surface area (Å²) in [6.45, 7) is 2.50. The van der Waals surface area contributed by atoms with Crippen LogP contribution in [0.25, 0.3) is 4.96 Å². The number of esters is 1. The van der Waals surface area contributed by atoms with Crippen molar-refractivity contribution in [3.8, 4) is 0 Å². The Morgan fingerprint density at radius 2 is 2.07 bits per heavy atom. The number of ether oxygens (including phenoxy) is 2. The average Bonchev–Trinajstić information content (AvgIpc) is 3.08. The van der Waals surface area contributed by atoms with Crippen LogP contribution in [0.3, 0.4) is 0 Å². The van der Waals surface area contributed by atoms with Crippen LogP contribution in [-0.2, 0) is 27.3 Å². The molecular formula is C18H19N3O4S2. The van der Waals surface area contributed by atoms with Crippen LogP contribution in [0.15, 0.2) is 40.0 Å². The number of carbonyl (C=O) groups excluding carboxylic acids is 1. The van der Waals surface area contributed by atoms with E-state index in [4.69, 9.17) is 9.47 Å². The summed E-state index contributed by atoms with van der Waals surface area (Å²) in [5.41, 5.74) is 1.29. The summed E-state index contributed by atoms with van der Waals surface area (Å²) >= 11 is 2.73. The number of aryl methyl sites for hydroxylation is 1. The van der Waals surface area contributed by atoms with Gasteiger partial charge in [0.2, 0.25) is 4.96 Å². The Balaban J connectivity index is 1.58. The molecule has 0 amide bonds. The van der Waals surface area contributed by atoms with Crippen molar-refractivity contribution < 1.29 is 14.3 Å². The van der Waals surface area contributed by atoms with E-state index >= 15 is 0 Å². The van der Waals surface area contributed by atoms with Crippen molar-refractivity contribution in [3.05, 3.63) is 57.0 Å². The van der Waals surface area contributed by atoms with Crippen LogP contribution in [0.2, 0.25) is 0 Å². The van der Waals surface area contributed by atoms with E-state index in [2.05, 4.69) is 10.1 Å². The summed E-state index contributed by atoms with van der Waals surface area (Å²) < 4.78 is 11.5. The maximum absolute atomic E-state index is 12.2. The molecule has 0 aliphatic rings. The van der Waals surface area contributed by atoms with E-state index in [1.54, 1.807) is 7.11 Å². The summed E-state index contributed by atoms with van der Waals surface area (Å²) in [5, 5.41) is 4.99. The molecule has 0 unspecified atom stereocenters. The van der Waals surface area contributed by atoms with E-state index in [0.717, 1.165) is 9.90 Å². The van der Waals surface area contributed by atoms with E-state index in [0.29, 0.717) is 23.7 Å². The van der Waals surface area contributed by atoms with Crippen LogP contribution < -0.4 is 5.56 Å². The second-order valence-electron chi connectivity index (χ2n) is 5.78. The van der Waals surface area contributed by atoms with Gasteiger partial charge >= 0.3 is 5.97 Å². The zero-order chi connectivity index (χ0) is 19.2. The summed E-state index contributed by atoms with van der Waals surface area (Å²) in [6.07, 6.45) is 0.616. The SMILES string of the molecule is COCCc1nn2c(=O)cc(COC(=O)CSc3ccc(C)cc3)nc2s1. The van der Waals surface area contributed by atoms with Crippen LogP contribution >= 0.6 is 23.1 Å². The number of fused-ring (bicyclic) bond motifs is 1. The van der Waals surface area contributed by atoms with Crippen molar-refractivity contribution in [1.29, 1.82) is 0 Å². The van der Waals surface area contributed by atoms with Gasteiger partial charge in [-0.3, -0.25) is 9.59 Å². The first-order valence-corrected chi connectivity index (χ1v) is 10.1. The minimum Gasteiger partial charge on any atom is -0.459 e. The molecule has 0 radical (unpaired) electrons. The number of nitrogens with zero attached hydrogens (tertiary/aromatic N) is 3. The molecule has 2 aromatic heterocycles. The maximum atomic E-state index is 12.2. The van der Waals surface area contributed by atoms with Gasteiger partial charge < -0.3 is 9.47 Å². The van der Waals surface area contributed by atoms with Gasteiger partial charge in [0, 0.05) is 24.5 Å². The zero-order valence-corrected chi connectivity index (χ0v) is 16.6. The highest BCUT2D eigenvalue weighted by molar-refractivity contribution is 8.00. The second-order valence-corrected chi connectivity index (χ2v) is 7.87. The van der Waals surface area contributed by atoms with Gasteiger partial charge in [0.1, 0.15) is 11.6 Å². The Morgan fingerprint density at radius 3 is 2.81 bits per heavy atom. The van der Waals surface area contributed by atoms with Crippen LogP contribution in [0.1, 0.15) is 16.3 Å². The molecule has 0 saturated heterocycles. The molecule has 7 nitrogen and oxygen atoms in total. The van der Waals surface area contributed by atoms with Crippen LogP contribution in [0.4, 0.5) is 0 Å². The number of rotatable bonds is 8. The smallest absolute Gasteiger partial charge is 0.316 e. The Labute approximate surface area is 164 Å². The number of aromatic nitrogens is 3. The lowest BCUT2D eigenvalue weighted by Crippen LogP contribution is -2.17. The third-order valence-electron chi connectivity index (χ3n) is 3.62. The van der Waals surface area contributed by atoms with Gasteiger partial charge in [-0.1, -0.05) is 29.0 Å². The highest BCUT2D eigenvalue weighted by Crippen LogP contribution is 2.18. The molecule has 0 spiro atoms. The molecule has 1 aromatic carbocycles. The van der Waals surface area contributed by atoms with Crippen molar-refractivity contribution in [2.24, 2.45) is 0 Å². The lowest BCUT2D eigenvalue weighted by Gasteiger charge is -2.05. The normalized spacial score (nSPS) is 11.0. The monoisotopic (exact) mass is 405 g/mol. The second kappa shape index (κ2) is 9.12. The number of benzene rings is 1. The van der Waals surface area contributed by atoms with E-state index in [9.17, 15) is 9.59 Å². The highest BCUT2D eigenvalue weighted by atomic mass is 32.2. The number of thioether (sulfide) groups is 1. The predicted molar refractivity (Wildman–Crippen MR) is 104 cm³/mol. The lowest BCUT2D eigenvalue weighted by atomic mass is 10.2. The van der Waals surface area contributed by atoms with Gasteiger partial charge in [-0.25, -0.2) is 4.98 Å². The van der Waals surface area contributed by atoms with Gasteiger partial charge in [-0.15, -0.1) is 11.8 Å². The Hall–Kier alpha value is -2.23. The van der Waals surface area contributed by atoms with Crippen molar-refractivity contribution in [2.45, 2.75) is 24.8 Å². The summed E-state index contributed by atoms with van der Waals surface area (Å²) in [5.74, 6) is -0.154. The zero-order valence-electron chi connectivity index (χ0n) is 15.0. The standard InChI is InChI=1S/C18H19N3O4S2/c1-12-3-5-14(6-4-12)26-11-17(23)25-10-13-9-16(22)21-18(19-13)27-15(20-21)7-8-24-2/h3-6,9H,7-8,10-11H2,1-2H3. The van der Waals surface area contributed by atoms with E-state index in [-0.39, 0.29) is 23.9 Å².